The molecule has 3 nitrogen and oxygen atoms in total. The summed E-state index contributed by atoms with van der Waals surface area (Å²) in [5.41, 5.74) is 0. The molecule has 126 valence electrons. The van der Waals surface area contributed by atoms with Gasteiger partial charge in [0.1, 0.15) is 11.6 Å². The van der Waals surface area contributed by atoms with E-state index in [1.807, 2.05) is 6.92 Å². The molecule has 0 bridgehead atoms. The number of unbranched alkanes of at least 4 members (excludes halogenated alkanes) is 1. The third-order valence-corrected chi connectivity index (χ3v) is 5.67. The van der Waals surface area contributed by atoms with E-state index >= 15 is 0 Å². The van der Waals surface area contributed by atoms with E-state index in [0.29, 0.717) is 28.9 Å². The standard InChI is InChI=1S/C16H25BrFO3P/c1-4-5-11-22(19,20-10-6-7-13(2)3)21-16-9-8-14(18)12-15(16)17/h8-9,12-13H,4-7,10-11H2,1-3H3. The number of halogens is 2. The first kappa shape index (κ1) is 19.7. The lowest BCUT2D eigenvalue weighted by molar-refractivity contribution is 0.252. The van der Waals surface area contributed by atoms with Crippen LogP contribution >= 0.6 is 23.5 Å². The summed E-state index contributed by atoms with van der Waals surface area (Å²) in [4.78, 5) is 0. The van der Waals surface area contributed by atoms with Crippen LogP contribution in [0.3, 0.4) is 0 Å². The van der Waals surface area contributed by atoms with E-state index < -0.39 is 7.60 Å². The average Bonchev–Trinajstić information content (AvgIpc) is 2.45. The Morgan fingerprint density at radius 3 is 2.64 bits per heavy atom. The predicted molar refractivity (Wildman–Crippen MR) is 92.1 cm³/mol. The maximum absolute atomic E-state index is 13.1. The van der Waals surface area contributed by atoms with Crippen LogP contribution in [0, 0.1) is 11.7 Å². The van der Waals surface area contributed by atoms with Gasteiger partial charge in [-0.2, -0.15) is 0 Å². The molecule has 1 aromatic carbocycles. The highest BCUT2D eigenvalue weighted by Crippen LogP contribution is 2.50. The van der Waals surface area contributed by atoms with Gasteiger partial charge in [0, 0.05) is 0 Å². The number of hydrogen-bond donors (Lipinski definition) is 0. The molecule has 0 aliphatic heterocycles. The predicted octanol–water partition coefficient (Wildman–Crippen LogP) is 6.41. The Morgan fingerprint density at radius 1 is 1.32 bits per heavy atom. The van der Waals surface area contributed by atoms with E-state index in [1.165, 1.54) is 18.2 Å². The maximum atomic E-state index is 13.1. The van der Waals surface area contributed by atoms with Crippen LogP contribution in [-0.4, -0.2) is 12.8 Å². The molecule has 0 aromatic heterocycles. The zero-order chi connectivity index (χ0) is 16.6. The van der Waals surface area contributed by atoms with Crippen molar-refractivity contribution in [2.45, 2.75) is 46.5 Å². The topological polar surface area (TPSA) is 35.5 Å². The fourth-order valence-electron chi connectivity index (χ4n) is 1.88. The van der Waals surface area contributed by atoms with E-state index in [1.54, 1.807) is 0 Å². The first-order valence-electron chi connectivity index (χ1n) is 7.74. The van der Waals surface area contributed by atoms with Gasteiger partial charge < -0.3 is 4.52 Å². The van der Waals surface area contributed by atoms with Gasteiger partial charge in [0.2, 0.25) is 0 Å². The van der Waals surface area contributed by atoms with Crippen LogP contribution < -0.4 is 4.52 Å². The summed E-state index contributed by atoms with van der Waals surface area (Å²) in [6.07, 6.45) is 3.91. The Kier molecular flexibility index (Phi) is 8.66. The zero-order valence-electron chi connectivity index (χ0n) is 13.5. The maximum Gasteiger partial charge on any atom is 0.379 e. The summed E-state index contributed by atoms with van der Waals surface area (Å²) in [6, 6.07) is 4.04. The third kappa shape index (κ3) is 7.26. The first-order chi connectivity index (χ1) is 10.4. The molecule has 0 aliphatic rings. The summed E-state index contributed by atoms with van der Waals surface area (Å²) < 4.78 is 37.6. The molecule has 0 radical (unpaired) electrons. The molecule has 0 saturated heterocycles. The summed E-state index contributed by atoms with van der Waals surface area (Å²) in [5.74, 6) is 0.566. The molecule has 22 heavy (non-hydrogen) atoms. The average molecular weight is 395 g/mol. The van der Waals surface area contributed by atoms with Gasteiger partial charge in [-0.25, -0.2) is 8.96 Å². The van der Waals surface area contributed by atoms with Crippen molar-refractivity contribution < 1.29 is 18.0 Å². The molecule has 6 heteroatoms. The lowest BCUT2D eigenvalue weighted by Crippen LogP contribution is -2.05. The Hall–Kier alpha value is -0.380. The Morgan fingerprint density at radius 2 is 2.05 bits per heavy atom. The van der Waals surface area contributed by atoms with Crippen molar-refractivity contribution in [2.75, 3.05) is 12.8 Å². The van der Waals surface area contributed by atoms with Gasteiger partial charge in [-0.05, 0) is 59.3 Å². The molecule has 0 heterocycles. The van der Waals surface area contributed by atoms with Crippen LogP contribution in [0.4, 0.5) is 4.39 Å². The molecule has 1 atom stereocenters. The molecule has 1 rings (SSSR count). The van der Waals surface area contributed by atoms with Gasteiger partial charge in [0.05, 0.1) is 17.2 Å². The van der Waals surface area contributed by atoms with E-state index in [-0.39, 0.29) is 5.82 Å². The molecule has 1 unspecified atom stereocenters. The molecule has 0 saturated carbocycles. The number of rotatable bonds is 10. The Balaban J connectivity index is 2.71. The fraction of sp³-hybridized carbons (Fsp3) is 0.625. The van der Waals surface area contributed by atoms with Crippen LogP contribution in [0.25, 0.3) is 0 Å². The summed E-state index contributed by atoms with van der Waals surface area (Å²) in [7, 11) is -3.21. The molecule has 0 aliphatic carbocycles. The van der Waals surface area contributed by atoms with Crippen LogP contribution in [-0.2, 0) is 9.09 Å². The Labute approximate surface area is 141 Å². The quantitative estimate of drug-likeness (QED) is 0.339. The Bertz CT molecular complexity index is 508. The minimum absolute atomic E-state index is 0.352. The first-order valence-corrected chi connectivity index (χ1v) is 10.3. The highest BCUT2D eigenvalue weighted by Gasteiger charge is 2.26. The van der Waals surface area contributed by atoms with Gasteiger partial charge >= 0.3 is 7.60 Å². The van der Waals surface area contributed by atoms with Crippen molar-refractivity contribution in [3.05, 3.63) is 28.5 Å². The minimum atomic E-state index is -3.21. The van der Waals surface area contributed by atoms with Gasteiger partial charge in [0.25, 0.3) is 0 Å². The van der Waals surface area contributed by atoms with Crippen molar-refractivity contribution in [3.8, 4) is 5.75 Å². The van der Waals surface area contributed by atoms with Gasteiger partial charge in [-0.15, -0.1) is 0 Å². The van der Waals surface area contributed by atoms with E-state index in [4.69, 9.17) is 9.05 Å². The third-order valence-electron chi connectivity index (χ3n) is 3.13. The normalized spacial score (nSPS) is 14.1. The van der Waals surface area contributed by atoms with Gasteiger partial charge in [0.15, 0.2) is 0 Å². The van der Waals surface area contributed by atoms with Crippen LogP contribution in [0.15, 0.2) is 22.7 Å². The van der Waals surface area contributed by atoms with E-state index in [0.717, 1.165) is 25.7 Å². The second-order valence-electron chi connectivity index (χ2n) is 5.72. The molecular formula is C16H25BrFO3P. The fourth-order valence-corrected chi connectivity index (χ4v) is 4.28. The molecule has 0 amide bonds. The summed E-state index contributed by atoms with van der Waals surface area (Å²) in [5, 5.41) is 0. The van der Waals surface area contributed by atoms with Crippen molar-refractivity contribution in [1.82, 2.24) is 0 Å². The van der Waals surface area contributed by atoms with E-state index in [9.17, 15) is 8.96 Å². The summed E-state index contributed by atoms with van der Waals surface area (Å²) in [6.45, 7) is 6.72. The van der Waals surface area contributed by atoms with Crippen molar-refractivity contribution >= 4 is 23.5 Å². The van der Waals surface area contributed by atoms with Crippen LogP contribution in [0.1, 0.15) is 46.5 Å². The number of benzene rings is 1. The molecular weight excluding hydrogens is 370 g/mol. The lowest BCUT2D eigenvalue weighted by atomic mass is 10.1. The molecule has 0 spiro atoms. The second kappa shape index (κ2) is 9.69. The largest absolute Gasteiger partial charge is 0.423 e. The van der Waals surface area contributed by atoms with Crippen LogP contribution in [0.5, 0.6) is 5.75 Å². The van der Waals surface area contributed by atoms with Crippen LogP contribution in [0.2, 0.25) is 0 Å². The molecule has 0 N–H and O–H groups in total. The highest BCUT2D eigenvalue weighted by molar-refractivity contribution is 9.10. The smallest absolute Gasteiger partial charge is 0.379 e. The lowest BCUT2D eigenvalue weighted by Gasteiger charge is -2.20. The number of hydrogen-bond acceptors (Lipinski definition) is 3. The monoisotopic (exact) mass is 394 g/mol. The minimum Gasteiger partial charge on any atom is -0.423 e. The van der Waals surface area contributed by atoms with Gasteiger partial charge in [-0.3, -0.25) is 4.52 Å². The zero-order valence-corrected chi connectivity index (χ0v) is 16.0. The molecule has 0 fully saturated rings. The van der Waals surface area contributed by atoms with Crippen molar-refractivity contribution in [2.24, 2.45) is 5.92 Å². The SMILES string of the molecule is CCCCP(=O)(OCCCC(C)C)Oc1ccc(F)cc1Br. The van der Waals surface area contributed by atoms with Gasteiger partial charge in [-0.1, -0.05) is 27.2 Å². The second-order valence-corrected chi connectivity index (χ2v) is 8.69. The summed E-state index contributed by atoms with van der Waals surface area (Å²) >= 11 is 3.23. The highest BCUT2D eigenvalue weighted by atomic mass is 79.9. The van der Waals surface area contributed by atoms with Crippen molar-refractivity contribution in [3.63, 3.8) is 0 Å². The molecule has 1 aromatic rings. The van der Waals surface area contributed by atoms with E-state index in [2.05, 4.69) is 29.8 Å². The van der Waals surface area contributed by atoms with Crippen molar-refractivity contribution in [1.29, 1.82) is 0 Å².